The molecule has 6 rings (SSSR count). The second-order valence-corrected chi connectivity index (χ2v) is 34.9. The van der Waals surface area contributed by atoms with Crippen LogP contribution in [0.2, 0.25) is 0 Å². The molecule has 124 heavy (non-hydrogen) atoms. The molecular weight excluding hydrogens is 1830 g/mol. The predicted octanol–water partition coefficient (Wildman–Crippen LogP) is 1.73. The Morgan fingerprint density at radius 3 is 0.645 bits per heavy atom. The van der Waals surface area contributed by atoms with E-state index < -0.39 is 327 Å². The van der Waals surface area contributed by atoms with Crippen LogP contribution < -0.4 is 0 Å². The first kappa shape index (κ1) is 105. The number of carbonyl (C=O) groups is 19. The number of rotatable bonds is 35. The smallest absolute Gasteiger partial charge is 0.303 e. The van der Waals surface area contributed by atoms with Crippen molar-refractivity contribution < 1.29 is 210 Å². The zero-order valence-electron chi connectivity index (χ0n) is 70.4. The van der Waals surface area contributed by atoms with Crippen LogP contribution in [-0.4, -0.2) is 327 Å². The van der Waals surface area contributed by atoms with Gasteiger partial charge in [0.1, 0.15) is 95.8 Å². The normalized spacial score (nSPS) is 33.1. The molecule has 0 N–H and O–H groups in total. The zero-order valence-corrected chi connectivity index (χ0v) is 76.1. The van der Waals surface area contributed by atoms with E-state index in [1.165, 1.54) is 0 Å². The maximum Gasteiger partial charge on any atom is 0.303 e. The number of esters is 19. The summed E-state index contributed by atoms with van der Waals surface area (Å²) in [5.41, 5.74) is -8.44. The SMILES string of the molecule is CC(=O)OC[C@H]1O[C@@H](SC[C@H]2O[C@@H](SC[C@H]3O[C@@H](SC[C@H]4O[C@H](Br)[C@H](OC(C)=O)[C@@H](S[C@@H]5O[C@H](COC(C)=O)[C@@H](OC(C)=O)[C@H](OC(C)=O)[C@H]5OC(C)=O)[C@@H]4OC(C)=O)[C@H](OC(C)=O)[C@@H](OC(C)=O)[C@@H]3OC(C)=O)[C@H](OC(C)=O)[C@@H](S[C@@H]3O[C@H](COC(C)=O)[C@@H](OC(C)=O)[C@H](OC(C)=O)[C@H]3OC(C)=O)[C@@H]2OC(C)=O)[C@H](OC(C)=O)[C@@H](OC(C)=O)[C@@H]1OC(C)=O. The number of ether oxygens (including phenoxy) is 25. The molecule has 0 aromatic heterocycles. The molecule has 0 unspecified atom stereocenters. The molecule has 0 bridgehead atoms. The summed E-state index contributed by atoms with van der Waals surface area (Å²) < 4.78 is 149. The molecule has 0 aromatic carbocycles. The summed E-state index contributed by atoms with van der Waals surface area (Å²) >= 11 is 6.79. The van der Waals surface area contributed by atoms with Gasteiger partial charge < -0.3 is 118 Å². The summed E-state index contributed by atoms with van der Waals surface area (Å²) in [6, 6.07) is 0. The first-order valence-electron chi connectivity index (χ1n) is 37.9. The highest BCUT2D eigenvalue weighted by molar-refractivity contribution is 9.09. The second kappa shape index (κ2) is 48.7. The van der Waals surface area contributed by atoms with Gasteiger partial charge in [0.15, 0.2) is 90.5 Å². The molecule has 0 aromatic rings. The minimum atomic E-state index is -1.89. The molecule has 0 aliphatic carbocycles. The van der Waals surface area contributed by atoms with E-state index in [0.717, 1.165) is 143 Å². The molecule has 6 heterocycles. The Hall–Kier alpha value is -8.08. The van der Waals surface area contributed by atoms with Crippen molar-refractivity contribution in [2.45, 2.75) is 309 Å². The van der Waals surface area contributed by atoms with E-state index >= 15 is 0 Å². The molecule has 0 radical (unpaired) electrons. The lowest BCUT2D eigenvalue weighted by Crippen LogP contribution is -2.64. The lowest BCUT2D eigenvalue weighted by atomic mass is 9.99. The van der Waals surface area contributed by atoms with Crippen LogP contribution in [0.5, 0.6) is 0 Å². The van der Waals surface area contributed by atoms with Gasteiger partial charge >= 0.3 is 113 Å². The van der Waals surface area contributed by atoms with Crippen molar-refractivity contribution in [1.29, 1.82) is 0 Å². The van der Waals surface area contributed by atoms with Crippen LogP contribution in [0.25, 0.3) is 0 Å². The average Bonchev–Trinajstić information content (AvgIpc) is 0.762. The maximum absolute atomic E-state index is 14.0. The van der Waals surface area contributed by atoms with Crippen LogP contribution in [0.1, 0.15) is 132 Å². The highest BCUT2D eigenvalue weighted by Gasteiger charge is 2.62. The Bertz CT molecular complexity index is 3870. The Labute approximate surface area is 739 Å². The molecule has 6 aliphatic rings. The summed E-state index contributed by atoms with van der Waals surface area (Å²) in [6.45, 7) is 16.6. The Balaban J connectivity index is 1.57. The van der Waals surface area contributed by atoms with Crippen molar-refractivity contribution in [1.82, 2.24) is 0 Å². The average molecular weight is 1930 g/mol. The summed E-state index contributed by atoms with van der Waals surface area (Å²) in [7, 11) is 0. The molecule has 50 heteroatoms. The summed E-state index contributed by atoms with van der Waals surface area (Å²) in [5, 5.41) is -4.55. The molecule has 6 fully saturated rings. The van der Waals surface area contributed by atoms with Gasteiger partial charge in [0.05, 0.1) is 10.5 Å². The van der Waals surface area contributed by atoms with Crippen molar-refractivity contribution in [2.24, 2.45) is 0 Å². The van der Waals surface area contributed by atoms with E-state index in [1.807, 2.05) is 0 Å². The van der Waals surface area contributed by atoms with Gasteiger partial charge in [-0.25, -0.2) is 0 Å². The fraction of sp³-hybridized carbons (Fsp3) is 0.743. The van der Waals surface area contributed by atoms with E-state index in [4.69, 9.17) is 118 Å². The largest absolute Gasteiger partial charge is 0.463 e. The first-order chi connectivity index (χ1) is 58.0. The topological polar surface area (TPSA) is 555 Å². The summed E-state index contributed by atoms with van der Waals surface area (Å²) in [6.07, 6.45) is -37.6. The van der Waals surface area contributed by atoms with Crippen molar-refractivity contribution in [3.05, 3.63) is 0 Å². The number of carbonyl (C=O) groups excluding carboxylic acids is 19. The van der Waals surface area contributed by atoms with Crippen molar-refractivity contribution in [2.75, 3.05) is 37.1 Å². The van der Waals surface area contributed by atoms with Crippen molar-refractivity contribution >= 4 is 188 Å². The lowest BCUT2D eigenvalue weighted by molar-refractivity contribution is -0.238. The number of halogens is 1. The molecule has 44 nitrogen and oxygen atoms in total. The standard InChI is InChI=1S/C74H99BrO44S5/c1-26(76)95-20-45-51(98-29(4)79)57(104-35(10)85)61(108-39(14)89)70(115-45)121-25-50-56(103-34(9)84)68(124-74-64(111-42(17)92)59(106-37(12)87)53(100-31(6)81)47(117-74)22-97-28(3)78)66(113-44(19)94)72(119-50)122-23-48-54(101-32(7)82)60(107-38(13)88)62(109-40(15)90)71(118-48)120-24-49-55(102-33(8)83)67(65(69(75)114-49)112-43(18)93)123-73-63(110-41(16)91)58(105-36(11)86)52(99-30(5)80)46(116-73)21-96-27(2)77/h45-74H,20-25H2,1-19H3/t45-,46-,47-,48-,49-,50-,51-,52-,53-,54-,55-,56-,57+,58+,59+,60+,61-,62-,63-,64-,65-,66-,67+,68+,69+,70+,71+,72+,73+,74+/m1/s1. The highest BCUT2D eigenvalue weighted by Crippen LogP contribution is 2.49. The Morgan fingerprint density at radius 2 is 0.379 bits per heavy atom. The van der Waals surface area contributed by atoms with Crippen LogP contribution in [-0.2, 0) is 210 Å². The number of hydrogen-bond donors (Lipinski definition) is 0. The van der Waals surface area contributed by atoms with Crippen LogP contribution >= 0.6 is 74.7 Å². The molecule has 6 saturated heterocycles. The third kappa shape index (κ3) is 31.7. The van der Waals surface area contributed by atoms with Crippen LogP contribution in [0.4, 0.5) is 0 Å². The molecule has 696 valence electrons. The Kier molecular flexibility index (Phi) is 41.2. The lowest BCUT2D eigenvalue weighted by Gasteiger charge is -2.49. The van der Waals surface area contributed by atoms with Crippen LogP contribution in [0, 0.1) is 0 Å². The zero-order chi connectivity index (χ0) is 92.7. The van der Waals surface area contributed by atoms with Gasteiger partial charge in [-0.05, 0) is 0 Å². The fourth-order valence-electron chi connectivity index (χ4n) is 13.7. The molecular formula is C74H99BrO44S5. The van der Waals surface area contributed by atoms with Gasteiger partial charge in [-0.2, -0.15) is 0 Å². The van der Waals surface area contributed by atoms with Crippen molar-refractivity contribution in [3.8, 4) is 0 Å². The third-order valence-electron chi connectivity index (χ3n) is 17.6. The molecule has 6 aliphatic heterocycles. The first-order valence-corrected chi connectivity index (χ1v) is 43.9. The van der Waals surface area contributed by atoms with E-state index in [2.05, 4.69) is 15.9 Å². The highest BCUT2D eigenvalue weighted by atomic mass is 79.9. The van der Waals surface area contributed by atoms with Gasteiger partial charge in [-0.15, -0.1) is 58.8 Å². The molecule has 0 saturated carbocycles. The monoisotopic (exact) mass is 1930 g/mol. The van der Waals surface area contributed by atoms with Gasteiger partial charge in [-0.1, -0.05) is 15.9 Å². The van der Waals surface area contributed by atoms with E-state index in [0.29, 0.717) is 47.0 Å². The van der Waals surface area contributed by atoms with Gasteiger partial charge in [0, 0.05) is 149 Å². The maximum atomic E-state index is 14.0. The fourth-order valence-corrected chi connectivity index (χ4v) is 21.8. The molecule has 0 spiro atoms. The second-order valence-electron chi connectivity index (χ2n) is 28.0. The number of alkyl halides is 1. The minimum Gasteiger partial charge on any atom is -0.463 e. The van der Waals surface area contributed by atoms with Crippen molar-refractivity contribution in [3.63, 3.8) is 0 Å². The van der Waals surface area contributed by atoms with Gasteiger partial charge in [0.25, 0.3) is 0 Å². The third-order valence-corrected chi connectivity index (χ3v) is 25.0. The Morgan fingerprint density at radius 1 is 0.202 bits per heavy atom. The van der Waals surface area contributed by atoms with Gasteiger partial charge in [0.2, 0.25) is 0 Å². The quantitative estimate of drug-likeness (QED) is 0.0495. The summed E-state index contributed by atoms with van der Waals surface area (Å²) in [5.74, 6) is -20.5. The number of thioether (sulfide) groups is 5. The summed E-state index contributed by atoms with van der Waals surface area (Å²) in [4.78, 5) is 250. The number of hydrogen-bond acceptors (Lipinski definition) is 49. The van der Waals surface area contributed by atoms with Crippen LogP contribution in [0.15, 0.2) is 0 Å². The predicted molar refractivity (Wildman–Crippen MR) is 420 cm³/mol. The molecule has 30 atom stereocenters. The van der Waals surface area contributed by atoms with Crippen LogP contribution in [0.3, 0.4) is 0 Å². The van der Waals surface area contributed by atoms with Gasteiger partial charge in [-0.3, -0.25) is 91.1 Å². The van der Waals surface area contributed by atoms with E-state index in [9.17, 15) is 91.1 Å². The minimum absolute atomic E-state index is 0.482. The van der Waals surface area contributed by atoms with E-state index in [1.54, 1.807) is 0 Å². The molecule has 0 amide bonds. The van der Waals surface area contributed by atoms with E-state index in [-0.39, 0.29) is 0 Å².